The molecule has 0 bridgehead atoms. The predicted octanol–water partition coefficient (Wildman–Crippen LogP) is 2.36. The first-order chi connectivity index (χ1) is 7.66. The van der Waals surface area contributed by atoms with Crippen LogP contribution in [0.3, 0.4) is 0 Å². The Morgan fingerprint density at radius 3 is 2.44 bits per heavy atom. The summed E-state index contributed by atoms with van der Waals surface area (Å²) in [5.41, 5.74) is 1.75. The van der Waals surface area contributed by atoms with Gasteiger partial charge in [-0.25, -0.2) is 0 Å². The second-order valence-electron chi connectivity index (χ2n) is 4.45. The van der Waals surface area contributed by atoms with E-state index in [0.717, 1.165) is 12.1 Å². The van der Waals surface area contributed by atoms with Gasteiger partial charge in [-0.3, -0.25) is 4.79 Å². The minimum absolute atomic E-state index is 0.0742. The molecule has 16 heavy (non-hydrogen) atoms. The molecule has 1 heterocycles. The zero-order chi connectivity index (χ0) is 11.6. The fourth-order valence-electron chi connectivity index (χ4n) is 1.74. The van der Waals surface area contributed by atoms with E-state index in [-0.39, 0.29) is 11.3 Å². The zero-order valence-corrected chi connectivity index (χ0v) is 9.75. The molecular formula is C13H17NO2. The van der Waals surface area contributed by atoms with Gasteiger partial charge >= 0.3 is 0 Å². The van der Waals surface area contributed by atoms with Crippen LogP contribution in [0, 0.1) is 12.3 Å². The lowest BCUT2D eigenvalue weighted by molar-refractivity contribution is -0.156. The van der Waals surface area contributed by atoms with Crippen molar-refractivity contribution < 1.29 is 9.53 Å². The van der Waals surface area contributed by atoms with Crippen LogP contribution in [0.4, 0.5) is 5.69 Å². The first kappa shape index (κ1) is 11.1. The number of amides is 1. The van der Waals surface area contributed by atoms with Gasteiger partial charge in [0.05, 0.1) is 18.6 Å². The maximum Gasteiger partial charge on any atom is 0.235 e. The molecule has 1 aliphatic rings. The van der Waals surface area contributed by atoms with Crippen molar-refractivity contribution in [3.63, 3.8) is 0 Å². The molecule has 3 heteroatoms. The predicted molar refractivity (Wildman–Crippen MR) is 63.4 cm³/mol. The average molecular weight is 219 g/mol. The monoisotopic (exact) mass is 219 g/mol. The lowest BCUT2D eigenvalue weighted by Crippen LogP contribution is -2.51. The molecule has 0 aliphatic carbocycles. The number of carbonyl (C=O) groups is 1. The summed E-state index contributed by atoms with van der Waals surface area (Å²) in [5.74, 6) is 0.0742. The molecule has 1 saturated heterocycles. The Kier molecular flexibility index (Phi) is 2.97. The highest BCUT2D eigenvalue weighted by Gasteiger charge is 2.44. The van der Waals surface area contributed by atoms with Crippen molar-refractivity contribution in [1.29, 1.82) is 0 Å². The molecule has 3 nitrogen and oxygen atoms in total. The molecule has 1 aromatic rings. The molecule has 1 amide bonds. The van der Waals surface area contributed by atoms with E-state index >= 15 is 0 Å². The Balaban J connectivity index is 2.04. The molecule has 0 radical (unpaired) electrons. The maximum absolute atomic E-state index is 12.0. The molecule has 1 aromatic carbocycles. The van der Waals surface area contributed by atoms with Gasteiger partial charge < -0.3 is 10.1 Å². The standard InChI is InChI=1S/C13H17NO2/c1-3-13(8-16-9-13)12(15)14-11-6-4-10(2)5-7-11/h4-7H,3,8-9H2,1-2H3,(H,14,15). The van der Waals surface area contributed by atoms with Crippen molar-refractivity contribution in [2.24, 2.45) is 5.41 Å². The Morgan fingerprint density at radius 1 is 1.38 bits per heavy atom. The number of benzene rings is 1. The van der Waals surface area contributed by atoms with E-state index in [1.54, 1.807) is 0 Å². The van der Waals surface area contributed by atoms with Gasteiger partial charge in [-0.1, -0.05) is 24.6 Å². The first-order valence-electron chi connectivity index (χ1n) is 5.62. The molecule has 0 saturated carbocycles. The van der Waals surface area contributed by atoms with Gasteiger partial charge in [0.2, 0.25) is 5.91 Å². The summed E-state index contributed by atoms with van der Waals surface area (Å²) in [7, 11) is 0. The number of ether oxygens (including phenoxy) is 1. The summed E-state index contributed by atoms with van der Waals surface area (Å²) in [6.45, 7) is 5.14. The second-order valence-corrected chi connectivity index (χ2v) is 4.45. The number of anilines is 1. The Labute approximate surface area is 95.8 Å². The third kappa shape index (κ3) is 1.95. The number of carbonyl (C=O) groups excluding carboxylic acids is 1. The number of aryl methyl sites for hydroxylation is 1. The lowest BCUT2D eigenvalue weighted by Gasteiger charge is -2.38. The summed E-state index contributed by atoms with van der Waals surface area (Å²) in [6.07, 6.45) is 0.824. The number of rotatable bonds is 3. The van der Waals surface area contributed by atoms with Crippen LogP contribution in [-0.2, 0) is 9.53 Å². The summed E-state index contributed by atoms with van der Waals surface area (Å²) in [6, 6.07) is 7.84. The van der Waals surface area contributed by atoms with Crippen LogP contribution in [0.15, 0.2) is 24.3 Å². The van der Waals surface area contributed by atoms with Crippen LogP contribution in [0.5, 0.6) is 0 Å². The van der Waals surface area contributed by atoms with Gasteiger partial charge in [-0.15, -0.1) is 0 Å². The van der Waals surface area contributed by atoms with E-state index in [0.29, 0.717) is 13.2 Å². The quantitative estimate of drug-likeness (QED) is 0.847. The molecule has 0 spiro atoms. The molecule has 86 valence electrons. The summed E-state index contributed by atoms with van der Waals surface area (Å²) in [4.78, 5) is 12.0. The fraction of sp³-hybridized carbons (Fsp3) is 0.462. The summed E-state index contributed by atoms with van der Waals surface area (Å²) in [5, 5.41) is 2.94. The Hall–Kier alpha value is -1.35. The van der Waals surface area contributed by atoms with E-state index < -0.39 is 0 Å². The van der Waals surface area contributed by atoms with Crippen molar-refractivity contribution >= 4 is 11.6 Å². The second kappa shape index (κ2) is 4.26. The topological polar surface area (TPSA) is 38.3 Å². The van der Waals surface area contributed by atoms with E-state index in [1.165, 1.54) is 5.56 Å². The van der Waals surface area contributed by atoms with Crippen molar-refractivity contribution in [2.75, 3.05) is 18.5 Å². The molecule has 2 rings (SSSR count). The molecule has 1 fully saturated rings. The fourth-order valence-corrected chi connectivity index (χ4v) is 1.74. The SMILES string of the molecule is CCC1(C(=O)Nc2ccc(C)cc2)COC1. The van der Waals surface area contributed by atoms with Crippen LogP contribution in [-0.4, -0.2) is 19.1 Å². The van der Waals surface area contributed by atoms with Crippen LogP contribution in [0.1, 0.15) is 18.9 Å². The van der Waals surface area contributed by atoms with Gasteiger partial charge in [0.15, 0.2) is 0 Å². The average Bonchev–Trinajstić information content (AvgIpc) is 2.21. The van der Waals surface area contributed by atoms with Gasteiger partial charge in [0, 0.05) is 5.69 Å². The smallest absolute Gasteiger partial charge is 0.235 e. The highest BCUT2D eigenvalue weighted by molar-refractivity contribution is 5.96. The number of hydrogen-bond donors (Lipinski definition) is 1. The molecule has 1 N–H and O–H groups in total. The minimum Gasteiger partial charge on any atom is -0.379 e. The van der Waals surface area contributed by atoms with Gasteiger partial charge in [-0.2, -0.15) is 0 Å². The van der Waals surface area contributed by atoms with Gasteiger partial charge in [-0.05, 0) is 25.5 Å². The third-order valence-corrected chi connectivity index (χ3v) is 3.22. The highest BCUT2D eigenvalue weighted by atomic mass is 16.5. The largest absolute Gasteiger partial charge is 0.379 e. The number of nitrogens with one attached hydrogen (secondary N) is 1. The van der Waals surface area contributed by atoms with Gasteiger partial charge in [0.25, 0.3) is 0 Å². The summed E-state index contributed by atoms with van der Waals surface area (Å²) < 4.78 is 5.15. The zero-order valence-electron chi connectivity index (χ0n) is 9.75. The van der Waals surface area contributed by atoms with Crippen molar-refractivity contribution in [3.8, 4) is 0 Å². The maximum atomic E-state index is 12.0. The number of hydrogen-bond acceptors (Lipinski definition) is 2. The Morgan fingerprint density at radius 2 is 2.00 bits per heavy atom. The van der Waals surface area contributed by atoms with Gasteiger partial charge in [0.1, 0.15) is 0 Å². The van der Waals surface area contributed by atoms with E-state index in [1.807, 2.05) is 38.1 Å². The van der Waals surface area contributed by atoms with E-state index in [4.69, 9.17) is 4.74 Å². The third-order valence-electron chi connectivity index (χ3n) is 3.22. The molecule has 0 aromatic heterocycles. The summed E-state index contributed by atoms with van der Waals surface area (Å²) >= 11 is 0. The van der Waals surface area contributed by atoms with Crippen molar-refractivity contribution in [1.82, 2.24) is 0 Å². The molecule has 0 unspecified atom stereocenters. The highest BCUT2D eigenvalue weighted by Crippen LogP contribution is 2.32. The normalized spacial score (nSPS) is 17.6. The molecule has 1 aliphatic heterocycles. The van der Waals surface area contributed by atoms with Crippen molar-refractivity contribution in [3.05, 3.63) is 29.8 Å². The van der Waals surface area contributed by atoms with Crippen LogP contribution in [0.2, 0.25) is 0 Å². The van der Waals surface area contributed by atoms with Crippen molar-refractivity contribution in [2.45, 2.75) is 20.3 Å². The lowest BCUT2D eigenvalue weighted by atomic mass is 9.82. The van der Waals surface area contributed by atoms with Crippen LogP contribution in [0.25, 0.3) is 0 Å². The first-order valence-corrected chi connectivity index (χ1v) is 5.62. The van der Waals surface area contributed by atoms with E-state index in [2.05, 4.69) is 5.32 Å². The van der Waals surface area contributed by atoms with Crippen LogP contribution >= 0.6 is 0 Å². The molecule has 0 atom stereocenters. The van der Waals surface area contributed by atoms with Crippen LogP contribution < -0.4 is 5.32 Å². The molecular weight excluding hydrogens is 202 g/mol. The Bertz CT molecular complexity index is 374. The van der Waals surface area contributed by atoms with E-state index in [9.17, 15) is 4.79 Å². The minimum atomic E-state index is -0.301.